The number of ether oxygens (including phenoxy) is 2. The van der Waals surface area contributed by atoms with Gasteiger partial charge in [-0.15, -0.1) is 0 Å². The Hall–Kier alpha value is -7.83. The highest BCUT2D eigenvalue weighted by Crippen LogP contribution is 2.15. The van der Waals surface area contributed by atoms with Gasteiger partial charge in [-0.25, -0.2) is 32.7 Å². The summed E-state index contributed by atoms with van der Waals surface area (Å²) in [6, 6.07) is 28.0. The third-order valence-electron chi connectivity index (χ3n) is 10.1. The van der Waals surface area contributed by atoms with Gasteiger partial charge in [0.25, 0.3) is 0 Å². The van der Waals surface area contributed by atoms with Crippen LogP contribution >= 0.6 is 0 Å². The number of halogens is 1. The molecule has 0 atom stereocenters. The quantitative estimate of drug-likeness (QED) is 0.0341. The van der Waals surface area contributed by atoms with Crippen LogP contribution < -0.4 is 54.3 Å². The number of anilines is 2. The Labute approximate surface area is 374 Å². The summed E-state index contributed by atoms with van der Waals surface area (Å²) in [7, 11) is 3.16. The monoisotopic (exact) mass is 890 g/mol. The van der Waals surface area contributed by atoms with E-state index >= 15 is 0 Å². The SMILES string of the molecule is CCc1ccc(Cn2c(=O)nc(NCCCC(=N)N)n(Cc3ccc(OC)cc3)c2=O)cc1.COc1ccc(Cn2c(NCCCC(=N)N)nc(=O)n(Cc3ccc(F)cc3)c2=O)cc1. The van der Waals surface area contributed by atoms with Crippen LogP contribution in [0.4, 0.5) is 16.3 Å². The number of aryl methyl sites for hydroxylation is 1. The van der Waals surface area contributed by atoms with Crippen LogP contribution in [0.25, 0.3) is 0 Å². The van der Waals surface area contributed by atoms with Crippen molar-refractivity contribution in [2.45, 2.75) is 65.2 Å². The van der Waals surface area contributed by atoms with Crippen LogP contribution in [0, 0.1) is 16.6 Å². The van der Waals surface area contributed by atoms with Crippen LogP contribution in [0.2, 0.25) is 0 Å². The zero-order valence-corrected chi connectivity index (χ0v) is 36.7. The molecule has 19 heteroatoms. The van der Waals surface area contributed by atoms with Crippen LogP contribution in [0.15, 0.2) is 116 Å². The topological polar surface area (TPSA) is 256 Å². The molecule has 0 radical (unpaired) electrons. The Morgan fingerprint density at radius 2 is 0.877 bits per heavy atom. The van der Waals surface area contributed by atoms with E-state index in [4.69, 9.17) is 31.8 Å². The van der Waals surface area contributed by atoms with Gasteiger partial charge in [0, 0.05) is 25.9 Å². The van der Waals surface area contributed by atoms with Gasteiger partial charge >= 0.3 is 22.8 Å². The first kappa shape index (κ1) is 48.2. The van der Waals surface area contributed by atoms with Gasteiger partial charge < -0.3 is 31.6 Å². The maximum Gasteiger partial charge on any atom is 0.355 e. The van der Waals surface area contributed by atoms with Crippen molar-refractivity contribution < 1.29 is 13.9 Å². The average molecular weight is 891 g/mol. The molecule has 6 rings (SSSR count). The molecule has 18 nitrogen and oxygen atoms in total. The van der Waals surface area contributed by atoms with Crippen LogP contribution in [0.5, 0.6) is 11.5 Å². The lowest BCUT2D eigenvalue weighted by atomic mass is 10.1. The number of amidine groups is 2. The lowest BCUT2D eigenvalue weighted by molar-refractivity contribution is 0.414. The third-order valence-corrected chi connectivity index (χ3v) is 10.1. The molecule has 342 valence electrons. The summed E-state index contributed by atoms with van der Waals surface area (Å²) in [6.07, 6.45) is 2.85. The smallest absolute Gasteiger partial charge is 0.355 e. The number of hydrogen-bond acceptors (Lipinski definition) is 12. The molecule has 0 fully saturated rings. The van der Waals surface area contributed by atoms with Gasteiger partial charge in [-0.3, -0.25) is 20.0 Å². The Balaban J connectivity index is 0.000000244. The second-order valence-electron chi connectivity index (χ2n) is 14.9. The number of hydrogen-bond donors (Lipinski definition) is 6. The summed E-state index contributed by atoms with van der Waals surface area (Å²) >= 11 is 0. The molecule has 2 heterocycles. The van der Waals surface area contributed by atoms with E-state index in [1.54, 1.807) is 26.4 Å². The first-order valence-corrected chi connectivity index (χ1v) is 20.9. The van der Waals surface area contributed by atoms with Crippen molar-refractivity contribution in [2.75, 3.05) is 37.9 Å². The van der Waals surface area contributed by atoms with E-state index in [0.717, 1.165) is 32.2 Å². The number of aromatic nitrogens is 6. The molecule has 0 bridgehead atoms. The van der Waals surface area contributed by atoms with E-state index < -0.39 is 28.6 Å². The zero-order chi connectivity index (χ0) is 46.9. The number of nitrogens with zero attached hydrogens (tertiary/aromatic N) is 6. The summed E-state index contributed by atoms with van der Waals surface area (Å²) in [5.41, 5.74) is 12.8. The van der Waals surface area contributed by atoms with Crippen LogP contribution in [0.1, 0.15) is 60.4 Å². The minimum absolute atomic E-state index is 0.0296. The van der Waals surface area contributed by atoms with Gasteiger partial charge in [-0.1, -0.05) is 67.6 Å². The normalized spacial score (nSPS) is 10.7. The third kappa shape index (κ3) is 14.1. The molecule has 0 saturated heterocycles. The molecule has 65 heavy (non-hydrogen) atoms. The summed E-state index contributed by atoms with van der Waals surface area (Å²) in [6.45, 7) is 3.41. The fraction of sp³-hybridized carbons (Fsp3) is 0.304. The Kier molecular flexibility index (Phi) is 17.5. The molecule has 2 aromatic heterocycles. The Bertz CT molecular complexity index is 2770. The van der Waals surface area contributed by atoms with E-state index in [9.17, 15) is 23.6 Å². The summed E-state index contributed by atoms with van der Waals surface area (Å²) in [5.74, 6) is 1.48. The fourth-order valence-electron chi connectivity index (χ4n) is 6.50. The average Bonchev–Trinajstić information content (AvgIpc) is 3.30. The van der Waals surface area contributed by atoms with Crippen LogP contribution in [-0.2, 0) is 32.6 Å². The number of nitrogens with two attached hydrogens (primary N) is 2. The van der Waals surface area contributed by atoms with Crippen molar-refractivity contribution in [3.8, 4) is 11.5 Å². The van der Waals surface area contributed by atoms with E-state index in [0.29, 0.717) is 55.8 Å². The highest BCUT2D eigenvalue weighted by Gasteiger charge is 2.16. The molecule has 6 aromatic rings. The van der Waals surface area contributed by atoms with E-state index in [1.165, 1.54) is 39.0 Å². The predicted octanol–water partition coefficient (Wildman–Crippen LogP) is 3.98. The van der Waals surface area contributed by atoms with Crippen molar-refractivity contribution in [2.24, 2.45) is 11.5 Å². The minimum atomic E-state index is -0.709. The molecular weight excluding hydrogens is 836 g/mol. The molecule has 4 aromatic carbocycles. The summed E-state index contributed by atoms with van der Waals surface area (Å²) < 4.78 is 28.6. The van der Waals surface area contributed by atoms with Gasteiger partial charge in [0.1, 0.15) is 17.3 Å². The van der Waals surface area contributed by atoms with Gasteiger partial charge in [-0.2, -0.15) is 9.97 Å². The lowest BCUT2D eigenvalue weighted by Crippen LogP contribution is -2.43. The van der Waals surface area contributed by atoms with Crippen LogP contribution in [0.3, 0.4) is 0 Å². The maximum atomic E-state index is 13.4. The molecule has 0 aliphatic heterocycles. The molecular formula is C46H55FN12O6. The zero-order valence-electron chi connectivity index (χ0n) is 36.7. The van der Waals surface area contributed by atoms with E-state index in [-0.39, 0.29) is 49.7 Å². The fourth-order valence-corrected chi connectivity index (χ4v) is 6.50. The van der Waals surface area contributed by atoms with Crippen molar-refractivity contribution in [1.29, 1.82) is 10.8 Å². The minimum Gasteiger partial charge on any atom is -0.497 e. The second kappa shape index (κ2) is 23.6. The summed E-state index contributed by atoms with van der Waals surface area (Å²) in [4.78, 5) is 60.2. The predicted molar refractivity (Wildman–Crippen MR) is 249 cm³/mol. The number of methoxy groups -OCH3 is 2. The number of benzene rings is 4. The van der Waals surface area contributed by atoms with Gasteiger partial charge in [0.05, 0.1) is 52.1 Å². The largest absolute Gasteiger partial charge is 0.497 e. The standard InChI is InChI=1S/C24H30N6O3.C22H25FN6O3/c1-3-17-6-8-18(9-7-17)16-30-23(31)28-22(27-14-4-5-21(25)26)29(24(30)32)15-19-10-12-20(33-2)13-11-19;1-32-18-10-6-16(7-11-18)13-28-20(26-12-2-3-19(24)25)27-21(30)29(22(28)31)14-15-4-8-17(23)9-5-15/h6-13H,3-5,14-16H2,1-2H3,(H3,25,26)(H,27,28,31);4-11H,2-3,12-14H2,1H3,(H3,24,25)(H,26,27,30). The molecule has 0 unspecified atom stereocenters. The van der Waals surface area contributed by atoms with Crippen molar-refractivity contribution in [3.05, 3.63) is 173 Å². The highest BCUT2D eigenvalue weighted by atomic mass is 19.1. The molecule has 0 aliphatic rings. The number of nitrogens with one attached hydrogen (secondary N) is 4. The molecule has 0 aliphatic carbocycles. The molecule has 8 N–H and O–H groups in total. The number of rotatable bonds is 21. The highest BCUT2D eigenvalue weighted by molar-refractivity contribution is 5.77. The van der Waals surface area contributed by atoms with E-state index in [1.807, 2.05) is 60.7 Å². The van der Waals surface area contributed by atoms with Crippen molar-refractivity contribution in [3.63, 3.8) is 0 Å². The summed E-state index contributed by atoms with van der Waals surface area (Å²) in [5, 5.41) is 20.7. The maximum absolute atomic E-state index is 13.4. The molecule has 0 spiro atoms. The molecule has 0 amide bonds. The van der Waals surface area contributed by atoms with Gasteiger partial charge in [0.15, 0.2) is 0 Å². The van der Waals surface area contributed by atoms with Gasteiger partial charge in [0.2, 0.25) is 11.9 Å². The Morgan fingerprint density at radius 3 is 1.22 bits per heavy atom. The first-order chi connectivity index (χ1) is 31.3. The van der Waals surface area contributed by atoms with Gasteiger partial charge in [-0.05, 0) is 83.5 Å². The first-order valence-electron chi connectivity index (χ1n) is 20.9. The molecule has 0 saturated carbocycles. The van der Waals surface area contributed by atoms with E-state index in [2.05, 4.69) is 27.5 Å². The van der Waals surface area contributed by atoms with Crippen molar-refractivity contribution in [1.82, 2.24) is 28.2 Å². The second-order valence-corrected chi connectivity index (χ2v) is 14.9. The Morgan fingerprint density at radius 1 is 0.554 bits per heavy atom. The lowest BCUT2D eigenvalue weighted by Gasteiger charge is -2.16. The van der Waals surface area contributed by atoms with Crippen molar-refractivity contribution >= 4 is 23.6 Å². The van der Waals surface area contributed by atoms with Crippen LogP contribution in [-0.4, -0.2) is 67.2 Å².